The highest BCUT2D eigenvalue weighted by Gasteiger charge is 2.10. The predicted octanol–water partition coefficient (Wildman–Crippen LogP) is -1.01. The van der Waals surface area contributed by atoms with Crippen LogP contribution in [0.5, 0.6) is 0 Å². The molecule has 1 unspecified atom stereocenters. The lowest BCUT2D eigenvalue weighted by molar-refractivity contribution is -0.125. The molecular weight excluding hydrogens is 210 g/mol. The third-order valence-electron chi connectivity index (χ3n) is 2.06. The first-order chi connectivity index (χ1) is 7.66. The van der Waals surface area contributed by atoms with Crippen molar-refractivity contribution in [3.63, 3.8) is 0 Å². The van der Waals surface area contributed by atoms with Gasteiger partial charge in [0, 0.05) is 12.3 Å². The highest BCUT2D eigenvalue weighted by atomic mass is 16.3. The van der Waals surface area contributed by atoms with E-state index in [0.29, 0.717) is 11.5 Å². The second-order valence-electron chi connectivity index (χ2n) is 3.25. The second-order valence-corrected chi connectivity index (χ2v) is 3.25. The molecule has 0 aromatic carbocycles. The van der Waals surface area contributed by atoms with Crippen molar-refractivity contribution in [2.24, 2.45) is 5.73 Å². The average Bonchev–Trinajstić information content (AvgIpc) is 2.72. The van der Waals surface area contributed by atoms with Crippen LogP contribution in [0.2, 0.25) is 0 Å². The van der Waals surface area contributed by atoms with Gasteiger partial charge in [-0.1, -0.05) is 0 Å². The lowest BCUT2D eigenvalue weighted by Crippen LogP contribution is -2.34. The summed E-state index contributed by atoms with van der Waals surface area (Å²) >= 11 is 0. The largest absolute Gasteiger partial charge is 0.381 e. The molecule has 0 aliphatic heterocycles. The summed E-state index contributed by atoms with van der Waals surface area (Å²) < 4.78 is 1.61. The number of amides is 1. The average molecular weight is 221 g/mol. The minimum absolute atomic E-state index is 0.0344. The zero-order valence-corrected chi connectivity index (χ0v) is 8.37. The molecule has 0 aliphatic carbocycles. The number of aliphatic hydroxyl groups excluding tert-OH is 1. The van der Waals surface area contributed by atoms with Gasteiger partial charge in [-0.05, 0) is 6.07 Å². The normalized spacial score (nSPS) is 12.6. The Morgan fingerprint density at radius 1 is 1.62 bits per heavy atom. The fraction of sp³-hybridized carbons (Fsp3) is 0.222. The number of nitrogens with two attached hydrogens (primary N) is 1. The van der Waals surface area contributed by atoms with Gasteiger partial charge in [-0.2, -0.15) is 5.10 Å². The molecule has 0 saturated carbocycles. The molecule has 2 aromatic heterocycles. The highest BCUT2D eigenvalue weighted by Crippen LogP contribution is 2.05. The van der Waals surface area contributed by atoms with Crippen LogP contribution < -0.4 is 11.1 Å². The fourth-order valence-corrected chi connectivity index (χ4v) is 1.21. The molecule has 0 spiro atoms. The van der Waals surface area contributed by atoms with Gasteiger partial charge in [-0.3, -0.25) is 4.79 Å². The lowest BCUT2D eigenvalue weighted by Gasteiger charge is -2.08. The van der Waals surface area contributed by atoms with Gasteiger partial charge in [0.05, 0.1) is 12.7 Å². The molecule has 0 bridgehead atoms. The zero-order chi connectivity index (χ0) is 11.5. The van der Waals surface area contributed by atoms with E-state index < -0.39 is 12.0 Å². The molecule has 0 fully saturated rings. The van der Waals surface area contributed by atoms with Crippen LogP contribution in [0.1, 0.15) is 0 Å². The number of nitrogens with one attached hydrogen (secondary N) is 1. The van der Waals surface area contributed by atoms with E-state index in [1.54, 1.807) is 29.0 Å². The molecule has 7 nitrogen and oxygen atoms in total. The van der Waals surface area contributed by atoms with E-state index >= 15 is 0 Å². The highest BCUT2D eigenvalue weighted by molar-refractivity contribution is 5.79. The Bertz CT molecular complexity index is 509. The smallest absolute Gasteiger partial charge is 0.248 e. The van der Waals surface area contributed by atoms with Crippen LogP contribution in [0.4, 0.5) is 5.82 Å². The topological polar surface area (TPSA) is 106 Å². The van der Waals surface area contributed by atoms with Crippen molar-refractivity contribution in [3.8, 4) is 0 Å². The monoisotopic (exact) mass is 221 g/mol. The summed E-state index contributed by atoms with van der Waals surface area (Å²) in [6, 6.07) is 3.43. The molecule has 1 atom stereocenters. The molecule has 84 valence electrons. The summed E-state index contributed by atoms with van der Waals surface area (Å²) in [5, 5.41) is 16.0. The number of carbonyl (C=O) groups excluding carboxylic acids is 1. The van der Waals surface area contributed by atoms with Crippen molar-refractivity contribution in [3.05, 3.63) is 24.5 Å². The van der Waals surface area contributed by atoms with Crippen molar-refractivity contribution >= 4 is 17.4 Å². The predicted molar refractivity (Wildman–Crippen MR) is 56.7 cm³/mol. The van der Waals surface area contributed by atoms with Crippen LogP contribution in [0.3, 0.4) is 0 Å². The van der Waals surface area contributed by atoms with Crippen molar-refractivity contribution in [2.75, 3.05) is 11.9 Å². The second kappa shape index (κ2) is 4.15. The van der Waals surface area contributed by atoms with Gasteiger partial charge >= 0.3 is 0 Å². The molecule has 1 amide bonds. The van der Waals surface area contributed by atoms with Gasteiger partial charge in [0.2, 0.25) is 5.91 Å². The maximum Gasteiger partial charge on any atom is 0.248 e. The third-order valence-corrected chi connectivity index (χ3v) is 2.06. The van der Waals surface area contributed by atoms with Crippen LogP contribution >= 0.6 is 0 Å². The Morgan fingerprint density at radius 3 is 3.19 bits per heavy atom. The number of aliphatic hydroxyl groups is 1. The Kier molecular flexibility index (Phi) is 2.69. The maximum atomic E-state index is 10.6. The van der Waals surface area contributed by atoms with E-state index in [-0.39, 0.29) is 6.54 Å². The Balaban J connectivity index is 2.06. The molecular formula is C9H11N5O2. The quantitative estimate of drug-likeness (QED) is 0.613. The van der Waals surface area contributed by atoms with Crippen LogP contribution in [-0.4, -0.2) is 38.3 Å². The number of carbonyl (C=O) groups is 1. The number of hydrogen-bond donors (Lipinski definition) is 3. The fourth-order valence-electron chi connectivity index (χ4n) is 1.21. The van der Waals surface area contributed by atoms with E-state index in [1.807, 2.05) is 0 Å². The van der Waals surface area contributed by atoms with Crippen LogP contribution in [0, 0.1) is 0 Å². The number of aromatic nitrogens is 3. The Hall–Kier alpha value is -2.15. The molecule has 0 aliphatic rings. The number of rotatable bonds is 4. The lowest BCUT2D eigenvalue weighted by atomic mass is 10.3. The van der Waals surface area contributed by atoms with E-state index in [1.165, 1.54) is 0 Å². The molecule has 2 heterocycles. The van der Waals surface area contributed by atoms with Crippen LogP contribution in [0.15, 0.2) is 24.5 Å². The number of hydrogen-bond acceptors (Lipinski definition) is 5. The molecule has 2 rings (SSSR count). The van der Waals surface area contributed by atoms with Gasteiger partial charge in [0.15, 0.2) is 5.65 Å². The van der Waals surface area contributed by atoms with Gasteiger partial charge in [0.1, 0.15) is 11.9 Å². The summed E-state index contributed by atoms with van der Waals surface area (Å²) in [6.07, 6.45) is 2.13. The number of primary amides is 1. The molecule has 0 radical (unpaired) electrons. The summed E-state index contributed by atoms with van der Waals surface area (Å²) in [7, 11) is 0. The number of nitrogens with zero attached hydrogens (tertiary/aromatic N) is 3. The van der Waals surface area contributed by atoms with Crippen molar-refractivity contribution < 1.29 is 9.90 Å². The standard InChI is InChI=1S/C9H11N5O2/c10-9(16)6(15)5-11-7-2-4-14-8(13-7)1-3-12-14/h1-4,6,15H,5H2,(H2,10,16)(H,11,13). The minimum Gasteiger partial charge on any atom is -0.381 e. The first-order valence-corrected chi connectivity index (χ1v) is 4.68. The molecule has 4 N–H and O–H groups in total. The Labute approximate surface area is 90.9 Å². The summed E-state index contributed by atoms with van der Waals surface area (Å²) in [4.78, 5) is 14.8. The molecule has 2 aromatic rings. The third kappa shape index (κ3) is 2.09. The molecule has 16 heavy (non-hydrogen) atoms. The molecule has 0 saturated heterocycles. The van der Waals surface area contributed by atoms with E-state index in [4.69, 9.17) is 5.73 Å². The van der Waals surface area contributed by atoms with E-state index in [2.05, 4.69) is 15.4 Å². The number of anilines is 1. The van der Waals surface area contributed by atoms with Gasteiger partial charge in [-0.25, -0.2) is 9.50 Å². The van der Waals surface area contributed by atoms with Gasteiger partial charge in [-0.15, -0.1) is 0 Å². The summed E-state index contributed by atoms with van der Waals surface area (Å²) in [6.45, 7) is 0.0344. The van der Waals surface area contributed by atoms with E-state index in [0.717, 1.165) is 0 Å². The van der Waals surface area contributed by atoms with Crippen molar-refractivity contribution in [1.29, 1.82) is 0 Å². The van der Waals surface area contributed by atoms with Crippen molar-refractivity contribution in [1.82, 2.24) is 14.6 Å². The molecule has 7 heteroatoms. The van der Waals surface area contributed by atoms with E-state index in [9.17, 15) is 9.90 Å². The van der Waals surface area contributed by atoms with Gasteiger partial charge < -0.3 is 16.2 Å². The minimum atomic E-state index is -1.22. The summed E-state index contributed by atoms with van der Waals surface area (Å²) in [5.74, 6) is -0.216. The maximum absolute atomic E-state index is 10.6. The van der Waals surface area contributed by atoms with Crippen molar-refractivity contribution in [2.45, 2.75) is 6.10 Å². The SMILES string of the molecule is NC(=O)C(O)CNc1ccn2nccc2n1. The first-order valence-electron chi connectivity index (χ1n) is 4.68. The summed E-state index contributed by atoms with van der Waals surface area (Å²) in [5.41, 5.74) is 5.59. The van der Waals surface area contributed by atoms with Crippen LogP contribution in [-0.2, 0) is 4.79 Å². The zero-order valence-electron chi connectivity index (χ0n) is 8.37. The van der Waals surface area contributed by atoms with Crippen LogP contribution in [0.25, 0.3) is 5.65 Å². The Morgan fingerprint density at radius 2 is 2.44 bits per heavy atom. The first kappa shape index (κ1) is 10.4. The number of fused-ring (bicyclic) bond motifs is 1. The van der Waals surface area contributed by atoms with Gasteiger partial charge in [0.25, 0.3) is 0 Å².